The van der Waals surface area contributed by atoms with Gasteiger partial charge in [0.25, 0.3) is 0 Å². The Balaban J connectivity index is 1.96. The number of nitrogens with one attached hydrogen (secondary N) is 2. The van der Waals surface area contributed by atoms with E-state index in [0.717, 1.165) is 5.69 Å². The monoisotopic (exact) mass is 667 g/mol. The van der Waals surface area contributed by atoms with Gasteiger partial charge in [0.15, 0.2) is 0 Å². The van der Waals surface area contributed by atoms with Crippen LogP contribution in [0, 0.1) is 0 Å². The molecule has 2 rings (SSSR count). The standard InChI is InChI=1S/C32H43Cl2N3O8/c1-31(2,3)44-27(38)16-15-25(28(39)45-32(4,5)6)36-30(41)43-23-13-11-22(12-14-23)21-42-29(40)35-24-9-7-8-10-26(24)37(19-17-33)20-18-34/h7-14,25H,15-21H2,1-6H3,(H,35,40)(H,36,41)/t25-/m0/s1. The third-order valence-electron chi connectivity index (χ3n) is 5.73. The van der Waals surface area contributed by atoms with Crippen LogP contribution < -0.4 is 20.3 Å². The quantitative estimate of drug-likeness (QED) is 0.129. The second-order valence-corrected chi connectivity index (χ2v) is 12.7. The van der Waals surface area contributed by atoms with Gasteiger partial charge in [-0.3, -0.25) is 10.1 Å². The van der Waals surface area contributed by atoms with Gasteiger partial charge in [-0.25, -0.2) is 14.4 Å². The molecule has 11 nitrogen and oxygen atoms in total. The van der Waals surface area contributed by atoms with Gasteiger partial charge in [0, 0.05) is 31.3 Å². The first-order valence-corrected chi connectivity index (χ1v) is 15.6. The molecule has 45 heavy (non-hydrogen) atoms. The van der Waals surface area contributed by atoms with E-state index in [9.17, 15) is 19.2 Å². The van der Waals surface area contributed by atoms with E-state index in [0.29, 0.717) is 36.1 Å². The van der Waals surface area contributed by atoms with Crippen LogP contribution in [0.1, 0.15) is 59.9 Å². The van der Waals surface area contributed by atoms with Crippen LogP contribution in [0.3, 0.4) is 0 Å². The number of ether oxygens (including phenoxy) is 4. The molecule has 2 aromatic rings. The van der Waals surface area contributed by atoms with Crippen LogP contribution in [0.5, 0.6) is 5.75 Å². The zero-order chi connectivity index (χ0) is 33.6. The Bertz CT molecular complexity index is 1270. The molecule has 0 aliphatic heterocycles. The van der Waals surface area contributed by atoms with Crippen molar-refractivity contribution in [1.82, 2.24) is 5.32 Å². The number of para-hydroxylation sites is 2. The molecule has 0 fully saturated rings. The molecule has 248 valence electrons. The summed E-state index contributed by atoms with van der Waals surface area (Å²) in [5.41, 5.74) is 0.478. The van der Waals surface area contributed by atoms with Gasteiger partial charge in [0.2, 0.25) is 0 Å². The Kier molecular flexibility index (Phi) is 14.7. The number of amides is 2. The fraction of sp³-hybridized carbons (Fsp3) is 0.500. The first-order chi connectivity index (χ1) is 21.1. The number of esters is 2. The largest absolute Gasteiger partial charge is 0.460 e. The van der Waals surface area contributed by atoms with Gasteiger partial charge in [-0.1, -0.05) is 24.3 Å². The summed E-state index contributed by atoms with van der Waals surface area (Å²) in [7, 11) is 0. The van der Waals surface area contributed by atoms with Gasteiger partial charge in [-0.15, -0.1) is 23.2 Å². The van der Waals surface area contributed by atoms with Gasteiger partial charge >= 0.3 is 24.1 Å². The van der Waals surface area contributed by atoms with E-state index in [1.807, 2.05) is 17.0 Å². The molecular weight excluding hydrogens is 625 g/mol. The number of carbonyl (C=O) groups excluding carboxylic acids is 4. The molecule has 0 aliphatic carbocycles. The average molecular weight is 669 g/mol. The first-order valence-electron chi connectivity index (χ1n) is 14.5. The molecule has 2 amide bonds. The topological polar surface area (TPSA) is 132 Å². The van der Waals surface area contributed by atoms with E-state index in [-0.39, 0.29) is 25.2 Å². The molecule has 0 radical (unpaired) electrons. The summed E-state index contributed by atoms with van der Waals surface area (Å²) in [5, 5.41) is 5.22. The van der Waals surface area contributed by atoms with Crippen molar-refractivity contribution in [2.75, 3.05) is 35.1 Å². The van der Waals surface area contributed by atoms with Crippen molar-refractivity contribution in [2.45, 2.75) is 78.2 Å². The average Bonchev–Trinajstić information content (AvgIpc) is 2.93. The Morgan fingerprint density at radius 3 is 2.00 bits per heavy atom. The van der Waals surface area contributed by atoms with Crippen LogP contribution in [0.2, 0.25) is 0 Å². The minimum Gasteiger partial charge on any atom is -0.460 e. The van der Waals surface area contributed by atoms with Crippen molar-refractivity contribution in [3.63, 3.8) is 0 Å². The summed E-state index contributed by atoms with van der Waals surface area (Å²) < 4.78 is 21.4. The highest BCUT2D eigenvalue weighted by molar-refractivity contribution is 6.18. The van der Waals surface area contributed by atoms with Crippen molar-refractivity contribution in [2.24, 2.45) is 0 Å². The number of rotatable bonds is 14. The maximum Gasteiger partial charge on any atom is 0.413 e. The van der Waals surface area contributed by atoms with Gasteiger partial charge in [-0.2, -0.15) is 0 Å². The SMILES string of the molecule is CC(C)(C)OC(=O)CC[C@H](NC(=O)Oc1ccc(COC(=O)Nc2ccccc2N(CCCl)CCCl)cc1)C(=O)OC(C)(C)C. The van der Waals surface area contributed by atoms with Crippen LogP contribution in [-0.2, 0) is 30.4 Å². The summed E-state index contributed by atoms with van der Waals surface area (Å²) in [6.45, 7) is 11.4. The Morgan fingerprint density at radius 2 is 1.42 bits per heavy atom. The number of hydrogen-bond donors (Lipinski definition) is 2. The summed E-state index contributed by atoms with van der Waals surface area (Å²) in [6, 6.07) is 12.4. The lowest BCUT2D eigenvalue weighted by atomic mass is 10.1. The van der Waals surface area contributed by atoms with E-state index in [2.05, 4.69) is 10.6 Å². The molecular formula is C32H43Cl2N3O8. The normalized spacial score (nSPS) is 12.0. The minimum atomic E-state index is -1.14. The van der Waals surface area contributed by atoms with Gasteiger partial charge in [-0.05, 0) is 77.8 Å². The minimum absolute atomic E-state index is 0.0425. The number of hydrogen-bond acceptors (Lipinski definition) is 9. The number of alkyl halides is 2. The smallest absolute Gasteiger partial charge is 0.413 e. The fourth-order valence-electron chi connectivity index (χ4n) is 3.92. The van der Waals surface area contributed by atoms with Crippen molar-refractivity contribution >= 4 is 58.7 Å². The molecule has 0 bridgehead atoms. The molecule has 13 heteroatoms. The Labute approximate surface area is 274 Å². The van der Waals surface area contributed by atoms with Crippen LogP contribution in [0.25, 0.3) is 0 Å². The molecule has 2 aromatic carbocycles. The highest BCUT2D eigenvalue weighted by Gasteiger charge is 2.29. The van der Waals surface area contributed by atoms with Gasteiger partial charge in [0.05, 0.1) is 11.4 Å². The molecule has 0 aliphatic rings. The van der Waals surface area contributed by atoms with Crippen molar-refractivity contribution < 1.29 is 38.1 Å². The number of carbonyl (C=O) groups is 4. The molecule has 0 saturated carbocycles. The lowest BCUT2D eigenvalue weighted by Crippen LogP contribution is -2.45. The maximum atomic E-state index is 12.7. The van der Waals surface area contributed by atoms with Crippen LogP contribution >= 0.6 is 23.2 Å². The number of nitrogens with zero attached hydrogens (tertiary/aromatic N) is 1. The third kappa shape index (κ3) is 14.8. The Morgan fingerprint density at radius 1 is 0.822 bits per heavy atom. The molecule has 0 spiro atoms. The zero-order valence-corrected chi connectivity index (χ0v) is 28.1. The molecule has 0 aromatic heterocycles. The number of benzene rings is 2. The van der Waals surface area contributed by atoms with Crippen molar-refractivity contribution in [3.05, 3.63) is 54.1 Å². The van der Waals surface area contributed by atoms with Crippen LogP contribution in [0.15, 0.2) is 48.5 Å². The predicted octanol–water partition coefficient (Wildman–Crippen LogP) is 6.64. The summed E-state index contributed by atoms with van der Waals surface area (Å²) in [5.74, 6) is -0.239. The van der Waals surface area contributed by atoms with Gasteiger partial charge < -0.3 is 29.2 Å². The first kappa shape index (κ1) is 37.5. The number of anilines is 2. The number of halogens is 2. The maximum absolute atomic E-state index is 12.7. The second-order valence-electron chi connectivity index (χ2n) is 12.0. The fourth-order valence-corrected chi connectivity index (χ4v) is 4.32. The van der Waals surface area contributed by atoms with E-state index < -0.39 is 41.4 Å². The summed E-state index contributed by atoms with van der Waals surface area (Å²) >= 11 is 11.9. The lowest BCUT2D eigenvalue weighted by Gasteiger charge is -2.25. The molecule has 1 atom stereocenters. The third-order valence-corrected chi connectivity index (χ3v) is 6.07. The van der Waals surface area contributed by atoms with E-state index in [1.54, 1.807) is 65.8 Å². The molecule has 0 heterocycles. The van der Waals surface area contributed by atoms with Gasteiger partial charge in [0.1, 0.15) is 29.6 Å². The van der Waals surface area contributed by atoms with Crippen molar-refractivity contribution in [1.29, 1.82) is 0 Å². The van der Waals surface area contributed by atoms with Crippen LogP contribution in [0.4, 0.5) is 21.0 Å². The molecule has 0 saturated heterocycles. The van der Waals surface area contributed by atoms with Crippen molar-refractivity contribution in [3.8, 4) is 5.75 Å². The highest BCUT2D eigenvalue weighted by atomic mass is 35.5. The Hall–Kier alpha value is -3.70. The van der Waals surface area contributed by atoms with Crippen LogP contribution in [-0.4, -0.2) is 66.2 Å². The summed E-state index contributed by atoms with van der Waals surface area (Å²) in [4.78, 5) is 52.1. The highest BCUT2D eigenvalue weighted by Crippen LogP contribution is 2.26. The second kappa shape index (κ2) is 17.7. The van der Waals surface area contributed by atoms with E-state index >= 15 is 0 Å². The zero-order valence-electron chi connectivity index (χ0n) is 26.6. The van der Waals surface area contributed by atoms with E-state index in [4.69, 9.17) is 42.1 Å². The summed E-state index contributed by atoms with van der Waals surface area (Å²) in [6.07, 6.45) is -1.72. The lowest BCUT2D eigenvalue weighted by molar-refractivity contribution is -0.158. The molecule has 2 N–H and O–H groups in total. The molecule has 0 unspecified atom stereocenters. The van der Waals surface area contributed by atoms with E-state index in [1.165, 1.54) is 12.1 Å². The predicted molar refractivity (Wildman–Crippen MR) is 174 cm³/mol.